The third kappa shape index (κ3) is 1.34. The van der Waals surface area contributed by atoms with Crippen molar-refractivity contribution < 1.29 is 19.8 Å². The first-order valence-electron chi connectivity index (χ1n) is 4.54. The topological polar surface area (TPSA) is 104 Å². The van der Waals surface area contributed by atoms with Gasteiger partial charge in [0.2, 0.25) is 5.91 Å². The molecule has 2 unspecified atom stereocenters. The van der Waals surface area contributed by atoms with E-state index in [1.165, 1.54) is 16.7 Å². The molecule has 1 amide bonds. The molecule has 4 N–H and O–H groups in total. The Hall–Kier alpha value is -0.790. The summed E-state index contributed by atoms with van der Waals surface area (Å²) in [5.74, 6) is -1.00. The molecule has 0 aromatic heterocycles. The highest BCUT2D eigenvalue weighted by Gasteiger charge is 2.55. The lowest BCUT2D eigenvalue weighted by Gasteiger charge is -2.52. The standard InChI is InChI=1S/C8H12N2O4S/c9-4-5(12)10-1-8(2-11,7(13)14)3-15-6(4)10/h4,6,11H,1-3,9H2,(H,13,14)/t4?,6-,8?/m1/s1. The molecular weight excluding hydrogens is 220 g/mol. The third-order valence-electron chi connectivity index (χ3n) is 2.94. The molecule has 3 atom stereocenters. The first kappa shape index (κ1) is 10.7. The number of nitrogens with two attached hydrogens (primary N) is 1. The molecule has 2 rings (SSSR count). The number of amides is 1. The molecule has 0 bridgehead atoms. The van der Waals surface area contributed by atoms with Crippen molar-refractivity contribution in [3.63, 3.8) is 0 Å². The maximum atomic E-state index is 11.3. The predicted molar refractivity (Wildman–Crippen MR) is 53.1 cm³/mol. The van der Waals surface area contributed by atoms with Gasteiger partial charge in [0.25, 0.3) is 0 Å². The van der Waals surface area contributed by atoms with Crippen LogP contribution in [-0.2, 0) is 9.59 Å². The van der Waals surface area contributed by atoms with Gasteiger partial charge >= 0.3 is 5.97 Å². The third-order valence-corrected chi connectivity index (χ3v) is 4.55. The minimum atomic E-state index is -1.23. The lowest BCUT2D eigenvalue weighted by molar-refractivity contribution is -0.158. The zero-order chi connectivity index (χ0) is 11.2. The number of aliphatic hydroxyl groups excluding tert-OH is 1. The van der Waals surface area contributed by atoms with E-state index in [2.05, 4.69) is 0 Å². The highest BCUT2D eigenvalue weighted by atomic mass is 32.2. The van der Waals surface area contributed by atoms with Crippen molar-refractivity contribution in [1.29, 1.82) is 0 Å². The monoisotopic (exact) mass is 232 g/mol. The number of hydrogen-bond donors (Lipinski definition) is 3. The Kier molecular flexibility index (Phi) is 2.40. The van der Waals surface area contributed by atoms with Gasteiger partial charge in [-0.15, -0.1) is 11.8 Å². The lowest BCUT2D eigenvalue weighted by Crippen LogP contribution is -2.72. The van der Waals surface area contributed by atoms with Gasteiger partial charge in [-0.25, -0.2) is 0 Å². The van der Waals surface area contributed by atoms with Crippen LogP contribution in [0.15, 0.2) is 0 Å². The molecule has 2 saturated heterocycles. The quantitative estimate of drug-likeness (QED) is 0.490. The summed E-state index contributed by atoms with van der Waals surface area (Å²) in [4.78, 5) is 23.8. The van der Waals surface area contributed by atoms with Crippen molar-refractivity contribution in [1.82, 2.24) is 4.90 Å². The van der Waals surface area contributed by atoms with Gasteiger partial charge in [0.05, 0.1) is 6.61 Å². The van der Waals surface area contributed by atoms with E-state index in [-0.39, 0.29) is 17.8 Å². The number of carboxylic acid groups (broad SMARTS) is 1. The van der Waals surface area contributed by atoms with E-state index >= 15 is 0 Å². The van der Waals surface area contributed by atoms with Crippen LogP contribution in [0.4, 0.5) is 0 Å². The Bertz CT molecular complexity index is 324. The van der Waals surface area contributed by atoms with Crippen LogP contribution in [0.5, 0.6) is 0 Å². The normalized spacial score (nSPS) is 39.6. The predicted octanol–water partition coefficient (Wildman–Crippen LogP) is -1.71. The van der Waals surface area contributed by atoms with Crippen LogP contribution in [-0.4, -0.2) is 57.3 Å². The number of fused-ring (bicyclic) bond motifs is 1. The van der Waals surface area contributed by atoms with Gasteiger partial charge in [-0.2, -0.15) is 0 Å². The first-order chi connectivity index (χ1) is 7.02. The van der Waals surface area contributed by atoms with Crippen LogP contribution in [0, 0.1) is 5.41 Å². The van der Waals surface area contributed by atoms with Gasteiger partial charge in [-0.1, -0.05) is 0 Å². The Morgan fingerprint density at radius 1 is 1.73 bits per heavy atom. The molecule has 0 aromatic rings. The Morgan fingerprint density at radius 2 is 2.40 bits per heavy atom. The van der Waals surface area contributed by atoms with E-state index in [1.54, 1.807) is 0 Å². The second kappa shape index (κ2) is 3.36. The molecule has 2 aliphatic rings. The average Bonchev–Trinajstić information content (AvgIpc) is 2.26. The maximum Gasteiger partial charge on any atom is 0.314 e. The summed E-state index contributed by atoms with van der Waals surface area (Å²) in [6.07, 6.45) is 0. The minimum absolute atomic E-state index is 0.0586. The van der Waals surface area contributed by atoms with E-state index in [1.807, 2.05) is 0 Å². The summed E-state index contributed by atoms with van der Waals surface area (Å²) >= 11 is 1.32. The molecule has 0 aromatic carbocycles. The fraction of sp³-hybridized carbons (Fsp3) is 0.750. The van der Waals surface area contributed by atoms with Crippen molar-refractivity contribution in [2.75, 3.05) is 18.9 Å². The Balaban J connectivity index is 2.15. The van der Waals surface area contributed by atoms with Crippen LogP contribution < -0.4 is 5.73 Å². The Labute approximate surface area is 90.4 Å². The molecule has 6 nitrogen and oxygen atoms in total. The molecule has 2 aliphatic heterocycles. The molecule has 0 spiro atoms. The fourth-order valence-corrected chi connectivity index (χ4v) is 3.30. The van der Waals surface area contributed by atoms with E-state index in [0.717, 1.165) is 0 Å². The summed E-state index contributed by atoms with van der Waals surface area (Å²) in [5.41, 5.74) is 4.34. The summed E-state index contributed by atoms with van der Waals surface area (Å²) in [5, 5.41) is 18.0. The summed E-state index contributed by atoms with van der Waals surface area (Å²) in [7, 11) is 0. The van der Waals surface area contributed by atoms with Crippen molar-refractivity contribution >= 4 is 23.6 Å². The van der Waals surface area contributed by atoms with E-state index in [9.17, 15) is 9.59 Å². The van der Waals surface area contributed by atoms with Gasteiger partial charge in [-0.05, 0) is 0 Å². The molecule has 0 saturated carbocycles. The van der Waals surface area contributed by atoms with Crippen molar-refractivity contribution in [3.05, 3.63) is 0 Å². The van der Waals surface area contributed by atoms with Crippen molar-refractivity contribution in [3.8, 4) is 0 Å². The highest BCUT2D eigenvalue weighted by Crippen LogP contribution is 2.41. The van der Waals surface area contributed by atoms with E-state index < -0.39 is 24.0 Å². The zero-order valence-electron chi connectivity index (χ0n) is 7.92. The van der Waals surface area contributed by atoms with Crippen molar-refractivity contribution in [2.24, 2.45) is 11.1 Å². The largest absolute Gasteiger partial charge is 0.481 e. The highest BCUT2D eigenvalue weighted by molar-refractivity contribution is 8.00. The number of hydrogen-bond acceptors (Lipinski definition) is 5. The van der Waals surface area contributed by atoms with Gasteiger partial charge in [0.15, 0.2) is 0 Å². The average molecular weight is 232 g/mol. The van der Waals surface area contributed by atoms with Gasteiger partial charge in [-0.3, -0.25) is 9.59 Å². The van der Waals surface area contributed by atoms with Gasteiger partial charge in [0.1, 0.15) is 16.8 Å². The smallest absolute Gasteiger partial charge is 0.314 e. The molecule has 7 heteroatoms. The van der Waals surface area contributed by atoms with E-state index in [0.29, 0.717) is 5.75 Å². The molecule has 84 valence electrons. The lowest BCUT2D eigenvalue weighted by atomic mass is 9.88. The number of aliphatic hydroxyl groups is 1. The van der Waals surface area contributed by atoms with Crippen LogP contribution in [0.25, 0.3) is 0 Å². The minimum Gasteiger partial charge on any atom is -0.481 e. The van der Waals surface area contributed by atoms with Crippen LogP contribution in [0.1, 0.15) is 0 Å². The number of rotatable bonds is 2. The number of β-lactam (4-membered cyclic amide) rings is 1. The van der Waals surface area contributed by atoms with Gasteiger partial charge < -0.3 is 20.8 Å². The van der Waals surface area contributed by atoms with E-state index in [4.69, 9.17) is 15.9 Å². The van der Waals surface area contributed by atoms with Crippen LogP contribution >= 0.6 is 11.8 Å². The molecule has 0 aliphatic carbocycles. The molecular formula is C8H12N2O4S. The van der Waals surface area contributed by atoms with Gasteiger partial charge in [0, 0.05) is 12.3 Å². The van der Waals surface area contributed by atoms with Crippen molar-refractivity contribution in [2.45, 2.75) is 11.4 Å². The summed E-state index contributed by atoms with van der Waals surface area (Å²) in [6, 6.07) is -0.513. The zero-order valence-corrected chi connectivity index (χ0v) is 8.74. The number of carbonyl (C=O) groups excluding carboxylic acids is 1. The first-order valence-corrected chi connectivity index (χ1v) is 5.59. The molecule has 2 heterocycles. The molecule has 2 fully saturated rings. The maximum absolute atomic E-state index is 11.3. The van der Waals surface area contributed by atoms with Crippen LogP contribution in [0.2, 0.25) is 0 Å². The number of aliphatic carboxylic acids is 1. The molecule has 15 heavy (non-hydrogen) atoms. The SMILES string of the molecule is NC1C(=O)N2CC(CO)(C(=O)O)CS[C@H]12. The second-order valence-electron chi connectivity index (χ2n) is 3.94. The molecule has 0 radical (unpaired) electrons. The summed E-state index contributed by atoms with van der Waals surface area (Å²) < 4.78 is 0. The number of nitrogens with zero attached hydrogens (tertiary/aromatic N) is 1. The summed E-state index contributed by atoms with van der Waals surface area (Å²) in [6.45, 7) is -0.399. The fourth-order valence-electron chi connectivity index (χ4n) is 1.82. The number of carbonyl (C=O) groups is 2. The van der Waals surface area contributed by atoms with Crippen LogP contribution in [0.3, 0.4) is 0 Å². The number of carboxylic acids is 1. The number of thioether (sulfide) groups is 1. The Morgan fingerprint density at radius 3 is 2.93 bits per heavy atom. The second-order valence-corrected chi connectivity index (χ2v) is 5.04.